The third-order valence-electron chi connectivity index (χ3n) is 3.06. The van der Waals surface area contributed by atoms with E-state index in [9.17, 15) is 9.59 Å². The number of aromatic nitrogens is 3. The summed E-state index contributed by atoms with van der Waals surface area (Å²) in [5, 5.41) is 9.75. The first-order valence-corrected chi connectivity index (χ1v) is 6.96. The van der Waals surface area contributed by atoms with E-state index in [0.29, 0.717) is 0 Å². The van der Waals surface area contributed by atoms with Crippen molar-refractivity contribution in [3.8, 4) is 0 Å². The van der Waals surface area contributed by atoms with Crippen molar-refractivity contribution in [2.75, 3.05) is 11.6 Å². The van der Waals surface area contributed by atoms with Gasteiger partial charge in [0, 0.05) is 11.3 Å². The molecule has 7 heteroatoms. The maximum atomic E-state index is 11.4. The van der Waals surface area contributed by atoms with Crippen LogP contribution in [0.5, 0.6) is 0 Å². The summed E-state index contributed by atoms with van der Waals surface area (Å²) in [6.07, 6.45) is 6.50. The summed E-state index contributed by atoms with van der Waals surface area (Å²) in [4.78, 5) is 24.4. The number of rotatable bonds is 3. The Labute approximate surface area is 103 Å². The Morgan fingerprint density at radius 1 is 1.29 bits per heavy atom. The Hall–Kier alpha value is -1.24. The Morgan fingerprint density at radius 2 is 2.00 bits per heavy atom. The second-order valence-electron chi connectivity index (χ2n) is 4.21. The Bertz CT molecular complexity index is 476. The highest BCUT2D eigenvalue weighted by Gasteiger charge is 2.21. The first-order chi connectivity index (χ1) is 8.19. The van der Waals surface area contributed by atoms with Crippen molar-refractivity contribution in [1.82, 2.24) is 15.2 Å². The maximum Gasteiger partial charge on any atom is 0.342 e. The number of nitrogens with zero attached hydrogens (tertiary/aromatic N) is 1. The average molecular weight is 256 g/mol. The second kappa shape index (κ2) is 5.39. The molecular formula is C10H16N4O2S. The van der Waals surface area contributed by atoms with Crippen molar-refractivity contribution in [2.24, 2.45) is 0 Å². The predicted molar refractivity (Wildman–Crippen MR) is 68.7 cm³/mol. The van der Waals surface area contributed by atoms with Gasteiger partial charge in [0.2, 0.25) is 5.82 Å². The van der Waals surface area contributed by atoms with Gasteiger partial charge < -0.3 is 5.32 Å². The van der Waals surface area contributed by atoms with Crippen LogP contribution < -0.4 is 16.6 Å². The van der Waals surface area contributed by atoms with E-state index in [1.54, 1.807) is 0 Å². The van der Waals surface area contributed by atoms with Crippen LogP contribution in [0.15, 0.2) is 9.59 Å². The minimum atomic E-state index is -0.577. The normalized spacial score (nSPS) is 24.5. The van der Waals surface area contributed by atoms with Gasteiger partial charge in [-0.1, -0.05) is 0 Å². The summed E-state index contributed by atoms with van der Waals surface area (Å²) in [6.45, 7) is 0. The third kappa shape index (κ3) is 3.12. The van der Waals surface area contributed by atoms with Crippen LogP contribution in [0.1, 0.15) is 25.7 Å². The summed E-state index contributed by atoms with van der Waals surface area (Å²) in [7, 11) is 0. The fourth-order valence-corrected chi connectivity index (χ4v) is 2.83. The first kappa shape index (κ1) is 12.2. The van der Waals surface area contributed by atoms with Gasteiger partial charge in [-0.15, -0.1) is 5.10 Å². The predicted octanol–water partition coefficient (Wildman–Crippen LogP) is 0.544. The molecule has 1 aliphatic rings. The van der Waals surface area contributed by atoms with Crippen molar-refractivity contribution in [1.29, 1.82) is 0 Å². The van der Waals surface area contributed by atoms with Crippen molar-refractivity contribution in [3.63, 3.8) is 0 Å². The summed E-state index contributed by atoms with van der Waals surface area (Å²) >= 11 is 1.90. The number of thioether (sulfide) groups is 1. The SMILES string of the molecule is CSC1CCC(Nc2n[nH]c(=O)[nH]c2=O)CC1. The molecule has 2 rings (SSSR count). The molecule has 1 saturated carbocycles. The van der Waals surface area contributed by atoms with Gasteiger partial charge in [-0.05, 0) is 31.9 Å². The molecule has 0 saturated heterocycles. The number of hydrogen-bond donors (Lipinski definition) is 3. The smallest absolute Gasteiger partial charge is 0.342 e. The molecule has 0 aromatic carbocycles. The van der Waals surface area contributed by atoms with Gasteiger partial charge in [0.15, 0.2) is 0 Å². The van der Waals surface area contributed by atoms with Gasteiger partial charge in [-0.3, -0.25) is 9.78 Å². The lowest BCUT2D eigenvalue weighted by Crippen LogP contribution is -2.33. The van der Waals surface area contributed by atoms with E-state index in [0.717, 1.165) is 30.9 Å². The van der Waals surface area contributed by atoms with Crippen LogP contribution in [0, 0.1) is 0 Å². The highest BCUT2D eigenvalue weighted by molar-refractivity contribution is 7.99. The van der Waals surface area contributed by atoms with E-state index in [4.69, 9.17) is 0 Å². The highest BCUT2D eigenvalue weighted by atomic mass is 32.2. The molecule has 0 aliphatic heterocycles. The summed E-state index contributed by atoms with van der Waals surface area (Å²) in [5.41, 5.74) is -1.03. The molecule has 0 amide bonds. The van der Waals surface area contributed by atoms with Crippen molar-refractivity contribution in [3.05, 3.63) is 20.8 Å². The van der Waals surface area contributed by atoms with E-state index in [1.165, 1.54) is 0 Å². The van der Waals surface area contributed by atoms with E-state index in [1.807, 2.05) is 11.8 Å². The first-order valence-electron chi connectivity index (χ1n) is 5.67. The van der Waals surface area contributed by atoms with Gasteiger partial charge in [-0.2, -0.15) is 11.8 Å². The molecule has 0 atom stereocenters. The minimum Gasteiger partial charge on any atom is -0.361 e. The number of hydrogen-bond acceptors (Lipinski definition) is 5. The molecule has 0 unspecified atom stereocenters. The van der Waals surface area contributed by atoms with E-state index >= 15 is 0 Å². The molecule has 6 nitrogen and oxygen atoms in total. The quantitative estimate of drug-likeness (QED) is 0.734. The zero-order chi connectivity index (χ0) is 12.3. The number of aromatic amines is 2. The molecule has 94 valence electrons. The van der Waals surface area contributed by atoms with Crippen LogP contribution >= 0.6 is 11.8 Å². The Balaban J connectivity index is 1.98. The van der Waals surface area contributed by atoms with Gasteiger partial charge in [0.25, 0.3) is 5.56 Å². The van der Waals surface area contributed by atoms with Crippen molar-refractivity contribution < 1.29 is 0 Å². The van der Waals surface area contributed by atoms with Gasteiger partial charge in [0.05, 0.1) is 0 Å². The van der Waals surface area contributed by atoms with E-state index in [-0.39, 0.29) is 11.9 Å². The largest absolute Gasteiger partial charge is 0.361 e. The molecule has 0 radical (unpaired) electrons. The standard InChI is InChI=1S/C10H16N4O2S/c1-17-7-4-2-6(3-5-7)11-8-9(15)12-10(16)14-13-8/h6-7H,2-5H2,1H3,(H,11,13)(H2,12,14,15,16). The molecule has 1 aromatic heterocycles. The van der Waals surface area contributed by atoms with Crippen LogP contribution in [0.4, 0.5) is 5.82 Å². The monoisotopic (exact) mass is 256 g/mol. The molecule has 3 N–H and O–H groups in total. The van der Waals surface area contributed by atoms with E-state index < -0.39 is 11.2 Å². The molecule has 17 heavy (non-hydrogen) atoms. The summed E-state index contributed by atoms with van der Waals surface area (Å²) in [5.74, 6) is 0.206. The third-order valence-corrected chi connectivity index (χ3v) is 4.20. The molecule has 1 heterocycles. The zero-order valence-corrected chi connectivity index (χ0v) is 10.5. The lowest BCUT2D eigenvalue weighted by atomic mass is 9.95. The van der Waals surface area contributed by atoms with Crippen LogP contribution in [0.3, 0.4) is 0 Å². The molecule has 1 aromatic rings. The molecule has 1 fully saturated rings. The summed E-state index contributed by atoms with van der Waals surface area (Å²) < 4.78 is 0. The lowest BCUT2D eigenvalue weighted by molar-refractivity contribution is 0.471. The Morgan fingerprint density at radius 3 is 2.59 bits per heavy atom. The van der Waals surface area contributed by atoms with Crippen LogP contribution in [0.25, 0.3) is 0 Å². The average Bonchev–Trinajstić information content (AvgIpc) is 2.34. The molecule has 0 bridgehead atoms. The highest BCUT2D eigenvalue weighted by Crippen LogP contribution is 2.27. The number of anilines is 1. The fraction of sp³-hybridized carbons (Fsp3) is 0.700. The zero-order valence-electron chi connectivity index (χ0n) is 9.66. The van der Waals surface area contributed by atoms with Gasteiger partial charge in [0.1, 0.15) is 0 Å². The van der Waals surface area contributed by atoms with E-state index in [2.05, 4.69) is 26.8 Å². The lowest BCUT2D eigenvalue weighted by Gasteiger charge is -2.27. The van der Waals surface area contributed by atoms with Crippen LogP contribution in [0.2, 0.25) is 0 Å². The summed E-state index contributed by atoms with van der Waals surface area (Å²) in [6, 6.07) is 0.276. The number of H-pyrrole nitrogens is 2. The van der Waals surface area contributed by atoms with Crippen molar-refractivity contribution >= 4 is 17.6 Å². The topological polar surface area (TPSA) is 90.6 Å². The van der Waals surface area contributed by atoms with Crippen LogP contribution in [-0.2, 0) is 0 Å². The molecule has 0 spiro atoms. The fourth-order valence-electron chi connectivity index (χ4n) is 2.08. The van der Waals surface area contributed by atoms with Crippen LogP contribution in [-0.4, -0.2) is 32.7 Å². The maximum absolute atomic E-state index is 11.4. The van der Waals surface area contributed by atoms with Crippen molar-refractivity contribution in [2.45, 2.75) is 37.0 Å². The van der Waals surface area contributed by atoms with Gasteiger partial charge >= 0.3 is 5.69 Å². The second-order valence-corrected chi connectivity index (χ2v) is 5.35. The minimum absolute atomic E-state index is 0.206. The van der Waals surface area contributed by atoms with Gasteiger partial charge in [-0.25, -0.2) is 9.89 Å². The molecular weight excluding hydrogens is 240 g/mol. The Kier molecular flexibility index (Phi) is 3.88. The molecule has 1 aliphatic carbocycles. The number of nitrogens with one attached hydrogen (secondary N) is 3.